The number of rotatable bonds is 11. The number of hydrogen-bond donors (Lipinski definition) is 4. The normalized spacial score (nSPS) is 23.5. The molecule has 38 heavy (non-hydrogen) atoms. The average Bonchev–Trinajstić information content (AvgIpc) is 2.87. The molecule has 1 amide bonds. The number of primary amides is 1. The first-order valence-corrected chi connectivity index (χ1v) is 12.9. The molecule has 0 bridgehead atoms. The summed E-state index contributed by atoms with van der Waals surface area (Å²) in [6.07, 6.45) is 13.8. The standard InChI is InChI=1S/C30H35NO7/c31-29(38)16-27(36)25(18-34)22(11-12-32)13-20-14-24-23(9-10-26(35)30(24)28(37)15-20)21-6-4-2-1-3-5-19(17-33)7-8-21/h1-4,7-10,17,20,22,25,32,34-35H,5-6,11-16,18H2,(H2,31,38)/b3-1-,4-2-,19-7+,21-8+. The molecule has 3 unspecified atom stereocenters. The van der Waals surface area contributed by atoms with Crippen molar-refractivity contribution >= 4 is 29.3 Å². The van der Waals surface area contributed by atoms with Gasteiger partial charge in [-0.1, -0.05) is 42.5 Å². The molecule has 0 fully saturated rings. The minimum Gasteiger partial charge on any atom is -0.507 e. The van der Waals surface area contributed by atoms with Crippen LogP contribution in [0, 0.1) is 17.8 Å². The summed E-state index contributed by atoms with van der Waals surface area (Å²) in [6, 6.07) is 3.29. The monoisotopic (exact) mass is 521 g/mol. The van der Waals surface area contributed by atoms with E-state index in [0.717, 1.165) is 17.4 Å². The van der Waals surface area contributed by atoms with Gasteiger partial charge in [-0.25, -0.2) is 0 Å². The van der Waals surface area contributed by atoms with Gasteiger partial charge in [0.25, 0.3) is 0 Å². The van der Waals surface area contributed by atoms with Gasteiger partial charge in [-0.05, 0) is 72.3 Å². The van der Waals surface area contributed by atoms with Gasteiger partial charge >= 0.3 is 0 Å². The summed E-state index contributed by atoms with van der Waals surface area (Å²) in [4.78, 5) is 48.6. The number of amides is 1. The van der Waals surface area contributed by atoms with Gasteiger partial charge in [0.05, 0.1) is 18.6 Å². The number of aliphatic hydroxyl groups is 2. The van der Waals surface area contributed by atoms with Gasteiger partial charge in [0.2, 0.25) is 5.91 Å². The molecule has 2 aliphatic carbocycles. The van der Waals surface area contributed by atoms with Crippen molar-refractivity contribution in [3.05, 3.63) is 70.9 Å². The number of hydrogen-bond acceptors (Lipinski definition) is 7. The Labute approximate surface area is 222 Å². The highest BCUT2D eigenvalue weighted by molar-refractivity contribution is 6.02. The fraction of sp³-hybridized carbons (Fsp3) is 0.400. The zero-order chi connectivity index (χ0) is 27.7. The van der Waals surface area contributed by atoms with Crippen molar-refractivity contribution in [1.82, 2.24) is 0 Å². The lowest BCUT2D eigenvalue weighted by Crippen LogP contribution is -2.33. The molecule has 8 heteroatoms. The number of aliphatic hydroxyl groups excluding tert-OH is 2. The molecule has 3 atom stereocenters. The summed E-state index contributed by atoms with van der Waals surface area (Å²) in [7, 11) is 0. The van der Waals surface area contributed by atoms with Crippen LogP contribution in [-0.2, 0) is 20.8 Å². The molecule has 0 spiro atoms. The smallest absolute Gasteiger partial charge is 0.224 e. The summed E-state index contributed by atoms with van der Waals surface area (Å²) in [5.74, 6) is -3.10. The zero-order valence-corrected chi connectivity index (χ0v) is 21.3. The van der Waals surface area contributed by atoms with Crippen molar-refractivity contribution in [2.24, 2.45) is 23.5 Å². The molecule has 202 valence electrons. The average molecular weight is 522 g/mol. The van der Waals surface area contributed by atoms with E-state index in [9.17, 15) is 34.5 Å². The summed E-state index contributed by atoms with van der Waals surface area (Å²) in [5, 5.41) is 30.1. The number of Topliss-reactive ketones (excluding diaryl/α,β-unsaturated/α-hetero) is 2. The Bertz CT molecular complexity index is 1190. The fourth-order valence-electron chi connectivity index (χ4n) is 5.43. The van der Waals surface area contributed by atoms with Crippen LogP contribution >= 0.6 is 0 Å². The van der Waals surface area contributed by atoms with Crippen LogP contribution < -0.4 is 5.73 Å². The van der Waals surface area contributed by atoms with E-state index in [4.69, 9.17) is 5.73 Å². The Morgan fingerprint density at radius 1 is 1.08 bits per heavy atom. The van der Waals surface area contributed by atoms with Crippen molar-refractivity contribution in [1.29, 1.82) is 0 Å². The van der Waals surface area contributed by atoms with E-state index < -0.39 is 36.6 Å². The number of fused-ring (bicyclic) bond motifs is 1. The molecule has 0 aromatic heterocycles. The molecule has 8 nitrogen and oxygen atoms in total. The van der Waals surface area contributed by atoms with E-state index in [2.05, 4.69) is 0 Å². The van der Waals surface area contributed by atoms with Gasteiger partial charge in [0.15, 0.2) is 5.78 Å². The third-order valence-corrected chi connectivity index (χ3v) is 7.27. The summed E-state index contributed by atoms with van der Waals surface area (Å²) >= 11 is 0. The van der Waals surface area contributed by atoms with Crippen molar-refractivity contribution in [3.63, 3.8) is 0 Å². The highest BCUT2D eigenvalue weighted by Gasteiger charge is 2.35. The second kappa shape index (κ2) is 13.8. The number of ketones is 2. The number of allylic oxidation sites excluding steroid dienone is 8. The Balaban J connectivity index is 1.97. The number of phenols is 1. The molecule has 5 N–H and O–H groups in total. The number of carbonyl (C=O) groups excluding carboxylic acids is 4. The van der Waals surface area contributed by atoms with Gasteiger partial charge < -0.3 is 21.1 Å². The lowest BCUT2D eigenvalue weighted by molar-refractivity contribution is -0.131. The van der Waals surface area contributed by atoms with Crippen LogP contribution in [0.3, 0.4) is 0 Å². The maximum absolute atomic E-state index is 13.2. The van der Waals surface area contributed by atoms with Gasteiger partial charge in [0.1, 0.15) is 17.8 Å². The van der Waals surface area contributed by atoms with Gasteiger partial charge in [-0.3, -0.25) is 19.2 Å². The molecule has 0 saturated heterocycles. The van der Waals surface area contributed by atoms with Crippen LogP contribution in [0.5, 0.6) is 5.75 Å². The third-order valence-electron chi connectivity index (χ3n) is 7.27. The summed E-state index contributed by atoms with van der Waals surface area (Å²) in [5.41, 5.74) is 8.45. The number of nitrogens with two attached hydrogens (primary N) is 1. The topological polar surface area (TPSA) is 155 Å². The molecule has 0 radical (unpaired) electrons. The highest BCUT2D eigenvalue weighted by Crippen LogP contribution is 2.40. The maximum Gasteiger partial charge on any atom is 0.224 e. The predicted octanol–water partition coefficient (Wildman–Crippen LogP) is 2.99. The zero-order valence-electron chi connectivity index (χ0n) is 21.3. The first kappa shape index (κ1) is 28.9. The largest absolute Gasteiger partial charge is 0.507 e. The first-order chi connectivity index (χ1) is 18.3. The lowest BCUT2D eigenvalue weighted by Gasteiger charge is -2.32. The second-order valence-corrected chi connectivity index (χ2v) is 9.91. The van der Waals surface area contributed by atoms with E-state index in [1.165, 1.54) is 6.07 Å². The third kappa shape index (κ3) is 7.24. The molecular formula is C30H35NO7. The van der Waals surface area contributed by atoms with Crippen molar-refractivity contribution in [2.75, 3.05) is 13.2 Å². The molecule has 3 rings (SSSR count). The summed E-state index contributed by atoms with van der Waals surface area (Å²) in [6.45, 7) is -0.702. The Morgan fingerprint density at radius 2 is 1.82 bits per heavy atom. The molecule has 0 aliphatic heterocycles. The Morgan fingerprint density at radius 3 is 2.47 bits per heavy atom. The SMILES string of the molecule is NC(=O)CC(=O)C(CO)C(CCO)CC1CC(=O)c2c(O)ccc(/C3=C/C=C(/C=O)C/C=C\C=C/C3)c2C1. The van der Waals surface area contributed by atoms with Crippen molar-refractivity contribution < 1.29 is 34.5 Å². The minimum atomic E-state index is -0.874. The van der Waals surface area contributed by atoms with E-state index in [1.54, 1.807) is 12.1 Å². The van der Waals surface area contributed by atoms with Crippen LogP contribution in [0.4, 0.5) is 0 Å². The van der Waals surface area contributed by atoms with Gasteiger partial charge in [-0.15, -0.1) is 0 Å². The van der Waals surface area contributed by atoms with Crippen molar-refractivity contribution in [2.45, 2.75) is 44.9 Å². The molecule has 0 heterocycles. The van der Waals surface area contributed by atoms with Crippen LogP contribution in [-0.4, -0.2) is 52.3 Å². The Kier molecular flexibility index (Phi) is 10.5. The quantitative estimate of drug-likeness (QED) is 0.258. The molecular weight excluding hydrogens is 486 g/mol. The highest BCUT2D eigenvalue weighted by atomic mass is 16.3. The second-order valence-electron chi connectivity index (χ2n) is 9.91. The molecule has 1 aromatic carbocycles. The minimum absolute atomic E-state index is 0.0907. The van der Waals surface area contributed by atoms with Crippen LogP contribution in [0.1, 0.15) is 60.0 Å². The number of aldehydes is 1. The first-order valence-electron chi connectivity index (χ1n) is 12.9. The van der Waals surface area contributed by atoms with E-state index >= 15 is 0 Å². The summed E-state index contributed by atoms with van der Waals surface area (Å²) < 4.78 is 0. The van der Waals surface area contributed by atoms with E-state index in [-0.39, 0.29) is 42.5 Å². The lowest BCUT2D eigenvalue weighted by atomic mass is 9.72. The Hall–Kier alpha value is -3.62. The van der Waals surface area contributed by atoms with Crippen LogP contribution in [0.2, 0.25) is 0 Å². The number of aromatic hydroxyl groups is 1. The van der Waals surface area contributed by atoms with E-state index in [0.29, 0.717) is 36.8 Å². The molecule has 2 aliphatic rings. The maximum atomic E-state index is 13.2. The fourth-order valence-corrected chi connectivity index (χ4v) is 5.43. The van der Waals surface area contributed by atoms with Crippen LogP contribution in [0.15, 0.2) is 54.2 Å². The van der Waals surface area contributed by atoms with Crippen LogP contribution in [0.25, 0.3) is 5.57 Å². The van der Waals surface area contributed by atoms with E-state index in [1.807, 2.05) is 30.4 Å². The molecule has 1 aromatic rings. The molecule has 0 saturated carbocycles. The number of carbonyl (C=O) groups is 4. The number of benzene rings is 1. The van der Waals surface area contributed by atoms with Gasteiger partial charge in [-0.2, -0.15) is 0 Å². The van der Waals surface area contributed by atoms with Crippen molar-refractivity contribution in [3.8, 4) is 5.75 Å². The van der Waals surface area contributed by atoms with Gasteiger partial charge in [0, 0.05) is 18.9 Å². The number of phenolic OH excluding ortho intramolecular Hbond substituents is 1. The predicted molar refractivity (Wildman–Crippen MR) is 143 cm³/mol.